The third-order valence-electron chi connectivity index (χ3n) is 11.6. The quantitative estimate of drug-likeness (QED) is 0.165. The average molecular weight is 760 g/mol. The summed E-state index contributed by atoms with van der Waals surface area (Å²) in [4.78, 5) is 61.3. The third kappa shape index (κ3) is 12.0. The second-order valence-corrected chi connectivity index (χ2v) is 16.4. The van der Waals surface area contributed by atoms with E-state index < -0.39 is 48.4 Å². The van der Waals surface area contributed by atoms with Gasteiger partial charge in [-0.1, -0.05) is 85.2 Å². The molecular weight excluding hydrogens is 686 g/mol. The molecule has 1 fully saturated rings. The molecular formula is C42H73N5O7. The van der Waals surface area contributed by atoms with Crippen molar-refractivity contribution in [1.29, 1.82) is 0 Å². The molecule has 2 rings (SSSR count). The number of hydrogen-bond acceptors (Lipinski definition) is 8. The number of benzene rings is 1. The highest BCUT2D eigenvalue weighted by molar-refractivity contribution is 5.90. The number of nitrogens with one attached hydrogen (secondary N) is 2. The smallest absolute Gasteiger partial charge is 0.245 e. The van der Waals surface area contributed by atoms with E-state index in [0.717, 1.165) is 12.8 Å². The van der Waals surface area contributed by atoms with E-state index in [-0.39, 0.29) is 59.9 Å². The first-order valence-electron chi connectivity index (χ1n) is 20.0. The zero-order valence-electron chi connectivity index (χ0n) is 35.7. The van der Waals surface area contributed by atoms with Gasteiger partial charge in [-0.25, -0.2) is 0 Å². The maximum Gasteiger partial charge on any atom is 0.245 e. The molecule has 12 nitrogen and oxygen atoms in total. The second kappa shape index (κ2) is 21.9. The molecule has 1 heterocycles. The van der Waals surface area contributed by atoms with Gasteiger partial charge in [-0.15, -0.1) is 0 Å². The van der Waals surface area contributed by atoms with Crippen LogP contribution < -0.4 is 10.6 Å². The van der Waals surface area contributed by atoms with Crippen LogP contribution >= 0.6 is 0 Å². The Morgan fingerprint density at radius 2 is 1.50 bits per heavy atom. The number of likely N-dealkylation sites (N-methyl/N-ethyl adjacent to an activating group) is 2. The minimum absolute atomic E-state index is 0.0197. The molecule has 0 aromatic heterocycles. The highest BCUT2D eigenvalue weighted by Crippen LogP contribution is 2.30. The summed E-state index contributed by atoms with van der Waals surface area (Å²) in [6, 6.07) is 6.85. The fraction of sp³-hybridized carbons (Fsp3) is 0.762. The van der Waals surface area contributed by atoms with Gasteiger partial charge in [0.2, 0.25) is 23.6 Å². The summed E-state index contributed by atoms with van der Waals surface area (Å²) in [6.07, 6.45) is 0.136. The summed E-state index contributed by atoms with van der Waals surface area (Å²) in [5.74, 6) is -1.57. The maximum absolute atomic E-state index is 14.3. The van der Waals surface area contributed by atoms with Crippen molar-refractivity contribution < 1.29 is 33.8 Å². The van der Waals surface area contributed by atoms with E-state index in [9.17, 15) is 24.3 Å². The number of nitrogens with zero attached hydrogens (tertiary/aromatic N) is 3. The van der Waals surface area contributed by atoms with Crippen molar-refractivity contribution in [2.45, 2.75) is 149 Å². The zero-order valence-corrected chi connectivity index (χ0v) is 35.7. The molecule has 1 aliphatic heterocycles. The van der Waals surface area contributed by atoms with Crippen LogP contribution in [0.25, 0.3) is 0 Å². The molecule has 0 bridgehead atoms. The number of rotatable bonds is 21. The lowest BCUT2D eigenvalue weighted by atomic mass is 9.89. The number of aliphatic hydroxyl groups excluding tert-OH is 1. The van der Waals surface area contributed by atoms with Gasteiger partial charge >= 0.3 is 0 Å². The Balaban J connectivity index is 2.27. The lowest BCUT2D eigenvalue weighted by Gasteiger charge is -2.41. The van der Waals surface area contributed by atoms with Crippen LogP contribution in [0.2, 0.25) is 0 Å². The Hall–Kier alpha value is -3.06. The molecule has 54 heavy (non-hydrogen) atoms. The first-order chi connectivity index (χ1) is 25.3. The number of likely N-dealkylation sites (tertiary alicyclic amines) is 1. The Labute approximate surface area is 326 Å². The van der Waals surface area contributed by atoms with E-state index in [0.29, 0.717) is 18.5 Å². The van der Waals surface area contributed by atoms with Gasteiger partial charge in [0.05, 0.1) is 54.8 Å². The Morgan fingerprint density at radius 3 is 2.00 bits per heavy atom. The van der Waals surface area contributed by atoms with Crippen molar-refractivity contribution in [2.24, 2.45) is 23.7 Å². The van der Waals surface area contributed by atoms with Gasteiger partial charge in [-0.2, -0.15) is 0 Å². The van der Waals surface area contributed by atoms with Crippen molar-refractivity contribution in [2.75, 3.05) is 34.9 Å². The van der Waals surface area contributed by atoms with Gasteiger partial charge < -0.3 is 35.0 Å². The topological polar surface area (TPSA) is 141 Å². The lowest BCUT2D eigenvalue weighted by Crippen LogP contribution is -2.60. The van der Waals surface area contributed by atoms with Crippen LogP contribution in [0, 0.1) is 23.7 Å². The number of ether oxygens (including phenoxy) is 2. The molecule has 10 atom stereocenters. The number of hydrogen-bond donors (Lipinski definition) is 3. The third-order valence-corrected chi connectivity index (χ3v) is 11.6. The molecule has 1 aromatic rings. The normalized spacial score (nSPS) is 19.9. The van der Waals surface area contributed by atoms with Gasteiger partial charge in [0, 0.05) is 33.9 Å². The van der Waals surface area contributed by atoms with Crippen molar-refractivity contribution in [3.05, 3.63) is 35.9 Å². The van der Waals surface area contributed by atoms with Crippen molar-refractivity contribution in [1.82, 2.24) is 25.3 Å². The Bertz CT molecular complexity index is 1330. The lowest BCUT2D eigenvalue weighted by molar-refractivity contribution is -0.148. The first-order valence-corrected chi connectivity index (χ1v) is 20.0. The fourth-order valence-corrected chi connectivity index (χ4v) is 7.93. The molecule has 3 N–H and O–H groups in total. The molecule has 1 aliphatic rings. The summed E-state index contributed by atoms with van der Waals surface area (Å²) in [6.45, 7) is 20.1. The van der Waals surface area contributed by atoms with Crippen LogP contribution in [-0.2, 0) is 28.7 Å². The number of methoxy groups -OCH3 is 2. The molecule has 308 valence electrons. The van der Waals surface area contributed by atoms with E-state index in [4.69, 9.17) is 9.47 Å². The fourth-order valence-electron chi connectivity index (χ4n) is 7.93. The summed E-state index contributed by atoms with van der Waals surface area (Å²) in [5.41, 5.74) is 0.711. The van der Waals surface area contributed by atoms with Gasteiger partial charge in [-0.3, -0.25) is 24.1 Å². The van der Waals surface area contributed by atoms with Crippen LogP contribution in [0.5, 0.6) is 0 Å². The largest absolute Gasteiger partial charge is 0.386 e. The SMILES string of the molecule is CCC(C)C(C(CC(=O)N1CCCC1C(OC)C(C)C(=O)NC(C)C(O)c1ccccc1)OC)N(C)C(=O)C(NC(=O)C(C(C)C)N(C)C(C)C)C(C)C. The van der Waals surface area contributed by atoms with Crippen LogP contribution in [0.15, 0.2) is 30.3 Å². The van der Waals surface area contributed by atoms with Crippen LogP contribution in [-0.4, -0.2) is 127 Å². The van der Waals surface area contributed by atoms with Crippen molar-refractivity contribution in [3.8, 4) is 0 Å². The Morgan fingerprint density at radius 1 is 0.889 bits per heavy atom. The minimum Gasteiger partial charge on any atom is -0.386 e. The minimum atomic E-state index is -0.877. The van der Waals surface area contributed by atoms with E-state index in [1.54, 1.807) is 44.9 Å². The molecule has 10 unspecified atom stereocenters. The number of carbonyl (C=O) groups is 4. The van der Waals surface area contributed by atoms with Crippen LogP contribution in [0.3, 0.4) is 0 Å². The standard InChI is InChI=1S/C42H73N5O7/c1-15-28(8)37(46(12)42(52)35(25(2)3)44-41(51)36(26(4)5)45(11)27(6)7)33(53-13)24-34(48)47-23-19-22-32(47)39(54-14)29(9)40(50)43-30(10)38(49)31-20-17-16-18-21-31/h16-18,20-21,25-30,32-33,35-39,49H,15,19,22-24H2,1-14H3,(H,43,50)(H,44,51). The average Bonchev–Trinajstić information content (AvgIpc) is 3.62. The molecule has 4 amide bonds. The highest BCUT2D eigenvalue weighted by atomic mass is 16.5. The second-order valence-electron chi connectivity index (χ2n) is 16.4. The summed E-state index contributed by atoms with van der Waals surface area (Å²) in [5, 5.41) is 16.9. The van der Waals surface area contributed by atoms with Gasteiger partial charge in [-0.05, 0) is 64.0 Å². The van der Waals surface area contributed by atoms with Crippen molar-refractivity contribution >= 4 is 23.6 Å². The zero-order chi connectivity index (χ0) is 41.0. The molecule has 12 heteroatoms. The van der Waals surface area contributed by atoms with Gasteiger partial charge in [0.25, 0.3) is 0 Å². The summed E-state index contributed by atoms with van der Waals surface area (Å²) >= 11 is 0. The molecule has 1 aromatic carbocycles. The van der Waals surface area contributed by atoms with Crippen molar-refractivity contribution in [3.63, 3.8) is 0 Å². The van der Waals surface area contributed by atoms with E-state index in [1.165, 1.54) is 0 Å². The van der Waals surface area contributed by atoms with Gasteiger partial charge in [0.1, 0.15) is 6.04 Å². The van der Waals surface area contributed by atoms with E-state index in [1.807, 2.05) is 90.7 Å². The van der Waals surface area contributed by atoms with E-state index in [2.05, 4.69) is 17.6 Å². The molecule has 0 aliphatic carbocycles. The predicted molar refractivity (Wildman–Crippen MR) is 213 cm³/mol. The predicted octanol–water partition coefficient (Wildman–Crippen LogP) is 4.65. The monoisotopic (exact) mass is 760 g/mol. The number of carbonyl (C=O) groups excluding carboxylic acids is 4. The highest BCUT2D eigenvalue weighted by Gasteiger charge is 2.43. The maximum atomic E-state index is 14.3. The molecule has 0 radical (unpaired) electrons. The van der Waals surface area contributed by atoms with E-state index >= 15 is 0 Å². The van der Waals surface area contributed by atoms with Crippen LogP contribution in [0.1, 0.15) is 107 Å². The summed E-state index contributed by atoms with van der Waals surface area (Å²) in [7, 11) is 6.80. The first kappa shape index (κ1) is 47.1. The molecule has 0 saturated carbocycles. The Kier molecular flexibility index (Phi) is 19.1. The number of aliphatic hydroxyl groups is 1. The summed E-state index contributed by atoms with van der Waals surface area (Å²) < 4.78 is 12.0. The van der Waals surface area contributed by atoms with Crippen LogP contribution in [0.4, 0.5) is 0 Å². The van der Waals surface area contributed by atoms with Gasteiger partial charge in [0.15, 0.2) is 0 Å². The molecule has 1 saturated heterocycles. The number of amides is 4. The molecule has 0 spiro atoms.